The second kappa shape index (κ2) is 5.42. The van der Waals surface area contributed by atoms with Crippen LogP contribution in [0.4, 0.5) is 5.95 Å². The molecule has 1 heterocycles. The number of hydrogen-bond acceptors (Lipinski definition) is 5. The van der Waals surface area contributed by atoms with Crippen molar-refractivity contribution in [3.8, 4) is 5.75 Å². The van der Waals surface area contributed by atoms with E-state index in [1.807, 2.05) is 18.2 Å². The van der Waals surface area contributed by atoms with E-state index in [2.05, 4.69) is 31.1 Å². The van der Waals surface area contributed by atoms with Gasteiger partial charge >= 0.3 is 0 Å². The third kappa shape index (κ3) is 3.13. The summed E-state index contributed by atoms with van der Waals surface area (Å²) in [6.07, 6.45) is 0. The number of thioether (sulfide) groups is 1. The summed E-state index contributed by atoms with van der Waals surface area (Å²) in [6, 6.07) is 5.88. The summed E-state index contributed by atoms with van der Waals surface area (Å²) in [5.74, 6) is 1.90. The van der Waals surface area contributed by atoms with Crippen LogP contribution in [0.15, 0.2) is 27.8 Å². The Labute approximate surface area is 111 Å². The zero-order valence-electron chi connectivity index (χ0n) is 9.11. The quantitative estimate of drug-likeness (QED) is 0.848. The number of methoxy groups -OCH3 is 1. The highest BCUT2D eigenvalue weighted by molar-refractivity contribution is 9.10. The molecule has 1 aromatic heterocycles. The van der Waals surface area contributed by atoms with Crippen LogP contribution >= 0.6 is 27.7 Å². The van der Waals surface area contributed by atoms with Gasteiger partial charge in [-0.2, -0.15) is 4.98 Å². The molecule has 0 fully saturated rings. The predicted octanol–water partition coefficient (Wildman–Crippen LogP) is 2.45. The zero-order chi connectivity index (χ0) is 12.3. The Morgan fingerprint density at radius 2 is 2.35 bits per heavy atom. The number of halogens is 1. The van der Waals surface area contributed by atoms with E-state index in [1.54, 1.807) is 7.11 Å². The van der Waals surface area contributed by atoms with Gasteiger partial charge in [-0.05, 0) is 18.2 Å². The smallest absolute Gasteiger partial charge is 0.216 e. The van der Waals surface area contributed by atoms with Gasteiger partial charge in [-0.3, -0.25) is 0 Å². The Morgan fingerprint density at radius 3 is 3.00 bits per heavy atom. The molecule has 0 bridgehead atoms. The molecule has 0 aliphatic carbocycles. The van der Waals surface area contributed by atoms with Crippen LogP contribution in [-0.2, 0) is 5.75 Å². The summed E-state index contributed by atoms with van der Waals surface area (Å²) < 4.78 is 6.30. The number of hydrogen-bond donors (Lipinski definition) is 2. The van der Waals surface area contributed by atoms with E-state index in [1.165, 1.54) is 11.8 Å². The molecule has 0 atom stereocenters. The summed E-state index contributed by atoms with van der Waals surface area (Å²) in [7, 11) is 1.65. The van der Waals surface area contributed by atoms with Gasteiger partial charge in [0, 0.05) is 15.8 Å². The van der Waals surface area contributed by atoms with E-state index in [0.29, 0.717) is 11.1 Å². The topological polar surface area (TPSA) is 76.8 Å². The molecule has 17 heavy (non-hydrogen) atoms. The number of anilines is 1. The van der Waals surface area contributed by atoms with Crippen molar-refractivity contribution in [1.82, 2.24) is 15.2 Å². The fourth-order valence-corrected chi connectivity index (χ4v) is 2.52. The molecule has 0 amide bonds. The minimum atomic E-state index is 0.328. The number of aromatic nitrogens is 3. The van der Waals surface area contributed by atoms with Gasteiger partial charge in [-0.15, -0.1) is 5.10 Å². The molecule has 0 unspecified atom stereocenters. The largest absolute Gasteiger partial charge is 0.496 e. The van der Waals surface area contributed by atoms with Crippen molar-refractivity contribution in [2.75, 3.05) is 12.8 Å². The molecule has 0 radical (unpaired) electrons. The summed E-state index contributed by atoms with van der Waals surface area (Å²) in [4.78, 5) is 4.03. The van der Waals surface area contributed by atoms with E-state index in [0.717, 1.165) is 21.5 Å². The molecule has 0 aliphatic heterocycles. The lowest BCUT2D eigenvalue weighted by Gasteiger charge is -2.07. The van der Waals surface area contributed by atoms with Crippen molar-refractivity contribution in [2.24, 2.45) is 0 Å². The van der Waals surface area contributed by atoms with Gasteiger partial charge in [-0.1, -0.05) is 27.7 Å². The zero-order valence-corrected chi connectivity index (χ0v) is 11.5. The first-order valence-electron chi connectivity index (χ1n) is 4.82. The lowest BCUT2D eigenvalue weighted by molar-refractivity contribution is 0.411. The summed E-state index contributed by atoms with van der Waals surface area (Å²) in [5, 5.41) is 7.19. The highest BCUT2D eigenvalue weighted by Crippen LogP contribution is 2.28. The number of nitrogen functional groups attached to an aromatic ring is 1. The first-order chi connectivity index (χ1) is 8.19. The molecule has 7 heteroatoms. The average molecular weight is 315 g/mol. The predicted molar refractivity (Wildman–Crippen MR) is 71.1 cm³/mol. The van der Waals surface area contributed by atoms with Crippen LogP contribution in [0.1, 0.15) is 5.56 Å². The number of rotatable bonds is 4. The Morgan fingerprint density at radius 1 is 1.53 bits per heavy atom. The Hall–Kier alpha value is -1.21. The standard InChI is InChI=1S/C10H11BrN4OS/c1-16-8-3-2-7(11)4-6(8)5-17-10-13-9(12)14-15-10/h2-4H,5H2,1H3,(H3,12,13,14,15). The van der Waals surface area contributed by atoms with Crippen LogP contribution in [0.5, 0.6) is 5.75 Å². The lowest BCUT2D eigenvalue weighted by atomic mass is 10.2. The molecule has 2 aromatic rings. The number of ether oxygens (including phenoxy) is 1. The second-order valence-electron chi connectivity index (χ2n) is 3.25. The third-order valence-electron chi connectivity index (χ3n) is 2.08. The molecule has 0 saturated carbocycles. The highest BCUT2D eigenvalue weighted by atomic mass is 79.9. The van der Waals surface area contributed by atoms with Crippen LogP contribution < -0.4 is 10.5 Å². The summed E-state index contributed by atoms with van der Waals surface area (Å²) in [5.41, 5.74) is 6.53. The average Bonchev–Trinajstić information content (AvgIpc) is 2.73. The molecule has 0 aliphatic rings. The Kier molecular flexibility index (Phi) is 3.90. The van der Waals surface area contributed by atoms with Gasteiger partial charge in [0.1, 0.15) is 5.75 Å². The molecular weight excluding hydrogens is 304 g/mol. The second-order valence-corrected chi connectivity index (χ2v) is 5.11. The van der Waals surface area contributed by atoms with Gasteiger partial charge in [0.2, 0.25) is 11.1 Å². The van der Waals surface area contributed by atoms with Gasteiger partial charge < -0.3 is 10.5 Å². The number of nitrogens with one attached hydrogen (secondary N) is 1. The Balaban J connectivity index is 2.10. The van der Waals surface area contributed by atoms with Crippen LogP contribution in [0.25, 0.3) is 0 Å². The first kappa shape index (κ1) is 12.3. The third-order valence-corrected chi connectivity index (χ3v) is 3.47. The molecule has 1 aromatic carbocycles. The van der Waals surface area contributed by atoms with Crippen molar-refractivity contribution in [1.29, 1.82) is 0 Å². The van der Waals surface area contributed by atoms with Gasteiger partial charge in [0.15, 0.2) is 0 Å². The number of nitrogens with zero attached hydrogens (tertiary/aromatic N) is 2. The van der Waals surface area contributed by atoms with Crippen LogP contribution in [0, 0.1) is 0 Å². The SMILES string of the molecule is COc1ccc(Br)cc1CSc1n[nH]c(N)n1. The van der Waals surface area contributed by atoms with E-state index in [4.69, 9.17) is 10.5 Å². The van der Waals surface area contributed by atoms with E-state index < -0.39 is 0 Å². The molecular formula is C10H11BrN4OS. The monoisotopic (exact) mass is 314 g/mol. The highest BCUT2D eigenvalue weighted by Gasteiger charge is 2.07. The van der Waals surface area contributed by atoms with Crippen molar-refractivity contribution in [3.63, 3.8) is 0 Å². The molecule has 5 nitrogen and oxygen atoms in total. The number of benzene rings is 1. The molecule has 2 rings (SSSR count). The summed E-state index contributed by atoms with van der Waals surface area (Å²) in [6.45, 7) is 0. The van der Waals surface area contributed by atoms with Gasteiger partial charge in [0.05, 0.1) is 7.11 Å². The van der Waals surface area contributed by atoms with Crippen molar-refractivity contribution >= 4 is 33.6 Å². The minimum absolute atomic E-state index is 0.328. The molecule has 0 saturated heterocycles. The van der Waals surface area contributed by atoms with E-state index >= 15 is 0 Å². The van der Waals surface area contributed by atoms with Crippen molar-refractivity contribution < 1.29 is 4.74 Å². The Bertz CT molecular complexity index is 517. The van der Waals surface area contributed by atoms with Gasteiger partial charge in [-0.25, -0.2) is 5.10 Å². The van der Waals surface area contributed by atoms with E-state index in [-0.39, 0.29) is 0 Å². The lowest BCUT2D eigenvalue weighted by Crippen LogP contribution is -1.90. The molecule has 3 N–H and O–H groups in total. The van der Waals surface area contributed by atoms with Crippen LogP contribution in [0.2, 0.25) is 0 Å². The normalized spacial score (nSPS) is 10.5. The van der Waals surface area contributed by atoms with Crippen molar-refractivity contribution in [3.05, 3.63) is 28.2 Å². The maximum Gasteiger partial charge on any atom is 0.216 e. The fourth-order valence-electron chi connectivity index (χ4n) is 1.32. The number of nitrogens with two attached hydrogens (primary N) is 1. The maximum atomic E-state index is 5.45. The van der Waals surface area contributed by atoms with Crippen LogP contribution in [-0.4, -0.2) is 22.3 Å². The first-order valence-corrected chi connectivity index (χ1v) is 6.60. The summed E-state index contributed by atoms with van der Waals surface area (Å²) >= 11 is 4.93. The van der Waals surface area contributed by atoms with Crippen LogP contribution in [0.3, 0.4) is 0 Å². The molecule has 90 valence electrons. The number of aromatic amines is 1. The van der Waals surface area contributed by atoms with E-state index in [9.17, 15) is 0 Å². The maximum absolute atomic E-state index is 5.45. The van der Waals surface area contributed by atoms with Crippen molar-refractivity contribution in [2.45, 2.75) is 10.9 Å². The number of H-pyrrole nitrogens is 1. The minimum Gasteiger partial charge on any atom is -0.496 e. The molecule has 0 spiro atoms. The fraction of sp³-hybridized carbons (Fsp3) is 0.200. The van der Waals surface area contributed by atoms with Gasteiger partial charge in [0.25, 0.3) is 0 Å².